The lowest BCUT2D eigenvalue weighted by atomic mass is 10.1. The Bertz CT molecular complexity index is 539. The van der Waals surface area contributed by atoms with Crippen molar-refractivity contribution in [3.05, 3.63) is 71.8 Å². The van der Waals surface area contributed by atoms with Crippen molar-refractivity contribution < 1.29 is 0 Å². The maximum absolute atomic E-state index is 5.96. The van der Waals surface area contributed by atoms with Gasteiger partial charge in [-0.25, -0.2) is 0 Å². The lowest BCUT2D eigenvalue weighted by molar-refractivity contribution is 1.23. The molecule has 0 heterocycles. The normalized spacial score (nSPS) is 12.1. The summed E-state index contributed by atoms with van der Waals surface area (Å²) in [6, 6.07) is 15.8. The Hall–Kier alpha value is -1.38. The summed E-state index contributed by atoms with van der Waals surface area (Å²) in [6.07, 6.45) is 1.92. The molecule has 0 radical (unpaired) electrons. The minimum atomic E-state index is 0.190. The van der Waals surface area contributed by atoms with E-state index in [-0.39, 0.29) is 5.25 Å². The van der Waals surface area contributed by atoms with Gasteiger partial charge in [0.2, 0.25) is 0 Å². The first-order chi connectivity index (χ1) is 8.70. The molecule has 18 heavy (non-hydrogen) atoms. The number of halogens is 1. The van der Waals surface area contributed by atoms with Crippen LogP contribution in [-0.4, -0.2) is 0 Å². The van der Waals surface area contributed by atoms with Gasteiger partial charge in [-0.2, -0.15) is 0 Å². The van der Waals surface area contributed by atoms with Crippen LogP contribution in [0.5, 0.6) is 0 Å². The fraction of sp³-hybridized carbons (Fsp3) is 0.0667. The summed E-state index contributed by atoms with van der Waals surface area (Å²) < 4.78 is 0. The molecule has 0 saturated carbocycles. The number of anilines is 1. The average Bonchev–Trinajstić information content (AvgIpc) is 2.39. The van der Waals surface area contributed by atoms with Crippen LogP contribution in [0.3, 0.4) is 0 Å². The highest BCUT2D eigenvalue weighted by Gasteiger charge is 2.11. The highest BCUT2D eigenvalue weighted by atomic mass is 35.5. The molecule has 0 fully saturated rings. The summed E-state index contributed by atoms with van der Waals surface area (Å²) in [6.45, 7) is 3.89. The number of rotatable bonds is 4. The van der Waals surface area contributed by atoms with E-state index in [9.17, 15) is 0 Å². The number of nitrogens with two attached hydrogens (primary N) is 1. The quantitative estimate of drug-likeness (QED) is 0.486. The van der Waals surface area contributed by atoms with E-state index in [1.807, 2.05) is 36.4 Å². The van der Waals surface area contributed by atoms with Gasteiger partial charge in [-0.1, -0.05) is 48.0 Å². The number of benzene rings is 2. The number of hydrogen-bond donors (Lipinski definition) is 1. The van der Waals surface area contributed by atoms with E-state index in [0.29, 0.717) is 10.7 Å². The lowest BCUT2D eigenvalue weighted by Crippen LogP contribution is -1.93. The second kappa shape index (κ2) is 5.98. The third-order valence-corrected chi connectivity index (χ3v) is 4.15. The van der Waals surface area contributed by atoms with Gasteiger partial charge in [0, 0.05) is 15.6 Å². The van der Waals surface area contributed by atoms with Crippen molar-refractivity contribution in [1.29, 1.82) is 0 Å². The first kappa shape index (κ1) is 13.1. The zero-order valence-corrected chi connectivity index (χ0v) is 11.4. The van der Waals surface area contributed by atoms with Crippen LogP contribution >= 0.6 is 23.4 Å². The molecule has 2 aromatic rings. The van der Waals surface area contributed by atoms with Crippen molar-refractivity contribution in [3.8, 4) is 0 Å². The van der Waals surface area contributed by atoms with E-state index in [0.717, 1.165) is 4.90 Å². The van der Waals surface area contributed by atoms with Crippen LogP contribution in [0.2, 0.25) is 5.02 Å². The summed E-state index contributed by atoms with van der Waals surface area (Å²) in [5, 5.41) is 0.849. The molecule has 0 unspecified atom stereocenters. The second-order valence-corrected chi connectivity index (χ2v) is 5.49. The van der Waals surface area contributed by atoms with Gasteiger partial charge in [-0.3, -0.25) is 0 Å². The lowest BCUT2D eigenvalue weighted by Gasteiger charge is -2.14. The van der Waals surface area contributed by atoms with Gasteiger partial charge in [-0.05, 0) is 23.8 Å². The maximum Gasteiger partial charge on any atom is 0.0522 e. The highest BCUT2D eigenvalue weighted by molar-refractivity contribution is 7.99. The first-order valence-electron chi connectivity index (χ1n) is 5.60. The average molecular weight is 276 g/mol. The van der Waals surface area contributed by atoms with E-state index >= 15 is 0 Å². The van der Waals surface area contributed by atoms with Crippen LogP contribution in [0.1, 0.15) is 10.8 Å². The molecule has 92 valence electrons. The van der Waals surface area contributed by atoms with Crippen molar-refractivity contribution >= 4 is 29.1 Å². The largest absolute Gasteiger partial charge is 0.398 e. The van der Waals surface area contributed by atoms with Crippen LogP contribution in [0, 0.1) is 0 Å². The minimum Gasteiger partial charge on any atom is -0.398 e. The zero-order valence-electron chi connectivity index (χ0n) is 9.84. The van der Waals surface area contributed by atoms with Gasteiger partial charge in [-0.15, -0.1) is 18.3 Å². The number of thioether (sulfide) groups is 1. The minimum absolute atomic E-state index is 0.190. The molecule has 2 aromatic carbocycles. The fourth-order valence-corrected chi connectivity index (χ4v) is 2.84. The van der Waals surface area contributed by atoms with Crippen LogP contribution in [-0.2, 0) is 0 Å². The molecule has 2 N–H and O–H groups in total. The molecule has 1 atom stereocenters. The fourth-order valence-electron chi connectivity index (χ4n) is 1.66. The summed E-state index contributed by atoms with van der Waals surface area (Å²) in [4.78, 5) is 1.02. The van der Waals surface area contributed by atoms with Crippen LogP contribution in [0.15, 0.2) is 66.1 Å². The summed E-state index contributed by atoms with van der Waals surface area (Å²) in [7, 11) is 0. The predicted octanol–water partition coefficient (Wildman–Crippen LogP) is 4.94. The molecular formula is C15H14ClNS. The van der Waals surface area contributed by atoms with E-state index in [2.05, 4.69) is 18.7 Å². The third-order valence-electron chi connectivity index (χ3n) is 2.57. The first-order valence-corrected chi connectivity index (χ1v) is 6.85. The van der Waals surface area contributed by atoms with Gasteiger partial charge in [0.15, 0.2) is 0 Å². The van der Waals surface area contributed by atoms with Crippen molar-refractivity contribution in [2.24, 2.45) is 0 Å². The topological polar surface area (TPSA) is 26.0 Å². The molecule has 1 nitrogen and oxygen atoms in total. The van der Waals surface area contributed by atoms with Gasteiger partial charge < -0.3 is 5.73 Å². The molecule has 0 aliphatic rings. The number of nitrogen functional groups attached to an aromatic ring is 1. The monoisotopic (exact) mass is 275 g/mol. The molecule has 2 rings (SSSR count). The summed E-state index contributed by atoms with van der Waals surface area (Å²) in [5.41, 5.74) is 7.88. The molecule has 0 bridgehead atoms. The third kappa shape index (κ3) is 3.09. The van der Waals surface area contributed by atoms with Crippen molar-refractivity contribution in [2.75, 3.05) is 5.73 Å². The van der Waals surface area contributed by atoms with Crippen molar-refractivity contribution in [1.82, 2.24) is 0 Å². The molecule has 0 aliphatic heterocycles. The molecular weight excluding hydrogens is 262 g/mol. The Kier molecular flexibility index (Phi) is 4.34. The molecule has 0 amide bonds. The molecule has 0 aromatic heterocycles. The predicted molar refractivity (Wildman–Crippen MR) is 81.1 cm³/mol. The SMILES string of the molecule is C=C[C@@H](Sc1ccc(Cl)cc1N)c1ccccc1. The van der Waals surface area contributed by atoms with E-state index < -0.39 is 0 Å². The maximum atomic E-state index is 5.96. The Balaban J connectivity index is 2.23. The zero-order chi connectivity index (χ0) is 13.0. The molecule has 3 heteroatoms. The Labute approximate surface area is 117 Å². The van der Waals surface area contributed by atoms with Crippen LogP contribution < -0.4 is 5.73 Å². The summed E-state index contributed by atoms with van der Waals surface area (Å²) in [5.74, 6) is 0. The van der Waals surface area contributed by atoms with Crippen molar-refractivity contribution in [3.63, 3.8) is 0 Å². The summed E-state index contributed by atoms with van der Waals surface area (Å²) >= 11 is 7.57. The van der Waals surface area contributed by atoms with Crippen molar-refractivity contribution in [2.45, 2.75) is 10.1 Å². The van der Waals surface area contributed by atoms with E-state index in [1.165, 1.54) is 5.56 Å². The van der Waals surface area contributed by atoms with E-state index in [4.69, 9.17) is 17.3 Å². The standard InChI is InChI=1S/C15H14ClNS/c1-2-14(11-6-4-3-5-7-11)18-15-9-8-12(16)10-13(15)17/h2-10,14H,1,17H2/t14-/m1/s1. The Morgan fingerprint density at radius 1 is 1.17 bits per heavy atom. The molecule has 0 aliphatic carbocycles. The molecule has 0 spiro atoms. The van der Waals surface area contributed by atoms with Gasteiger partial charge in [0.1, 0.15) is 0 Å². The highest BCUT2D eigenvalue weighted by Crippen LogP contribution is 2.39. The van der Waals surface area contributed by atoms with Gasteiger partial charge >= 0.3 is 0 Å². The second-order valence-electron chi connectivity index (χ2n) is 3.87. The number of hydrogen-bond acceptors (Lipinski definition) is 2. The Morgan fingerprint density at radius 3 is 2.50 bits per heavy atom. The Morgan fingerprint density at radius 2 is 1.89 bits per heavy atom. The van der Waals surface area contributed by atoms with Crippen LogP contribution in [0.25, 0.3) is 0 Å². The van der Waals surface area contributed by atoms with Crippen LogP contribution in [0.4, 0.5) is 5.69 Å². The van der Waals surface area contributed by atoms with Gasteiger partial charge in [0.25, 0.3) is 0 Å². The molecule has 0 saturated heterocycles. The van der Waals surface area contributed by atoms with E-state index in [1.54, 1.807) is 17.8 Å². The van der Waals surface area contributed by atoms with Gasteiger partial charge in [0.05, 0.1) is 5.25 Å². The smallest absolute Gasteiger partial charge is 0.0522 e.